The van der Waals surface area contributed by atoms with Gasteiger partial charge in [0.05, 0.1) is 12.2 Å². The van der Waals surface area contributed by atoms with Gasteiger partial charge in [0.15, 0.2) is 0 Å². The minimum atomic E-state index is 0.148. The lowest BCUT2D eigenvalue weighted by Crippen LogP contribution is -2.33. The van der Waals surface area contributed by atoms with E-state index in [-0.39, 0.29) is 11.8 Å². The third-order valence-electron chi connectivity index (χ3n) is 3.90. The van der Waals surface area contributed by atoms with Crippen molar-refractivity contribution in [3.63, 3.8) is 0 Å². The van der Waals surface area contributed by atoms with Crippen LogP contribution in [0.4, 0.5) is 0 Å². The van der Waals surface area contributed by atoms with Gasteiger partial charge in [0.25, 0.3) is 0 Å². The van der Waals surface area contributed by atoms with Crippen LogP contribution in [0.25, 0.3) is 11.3 Å². The topological polar surface area (TPSA) is 59.8 Å². The maximum atomic E-state index is 12.2. The molecule has 0 aliphatic rings. The normalized spacial score (nSPS) is 10.9. The number of rotatable bonds is 9. The molecule has 5 nitrogen and oxygen atoms in total. The Morgan fingerprint density at radius 2 is 1.87 bits per heavy atom. The van der Waals surface area contributed by atoms with Gasteiger partial charge >= 0.3 is 0 Å². The number of nitrogens with one attached hydrogen (secondary N) is 1. The van der Waals surface area contributed by atoms with Gasteiger partial charge in [0, 0.05) is 36.6 Å². The Bertz CT molecular complexity index is 588. The van der Waals surface area contributed by atoms with E-state index in [1.807, 2.05) is 29.1 Å². The highest BCUT2D eigenvalue weighted by atomic mass is 16.1. The number of carbonyl (C=O) groups is 1. The van der Waals surface area contributed by atoms with Crippen molar-refractivity contribution in [2.75, 3.05) is 6.54 Å². The van der Waals surface area contributed by atoms with Crippen molar-refractivity contribution in [3.05, 3.63) is 36.8 Å². The lowest BCUT2D eigenvalue weighted by Gasteiger charge is -2.15. The summed E-state index contributed by atoms with van der Waals surface area (Å²) in [5.74, 6) is 0.324. The zero-order chi connectivity index (χ0) is 16.5. The van der Waals surface area contributed by atoms with Crippen LogP contribution in [0.5, 0.6) is 0 Å². The lowest BCUT2D eigenvalue weighted by molar-refractivity contribution is -0.125. The predicted molar refractivity (Wildman–Crippen MR) is 91.8 cm³/mol. The summed E-state index contributed by atoms with van der Waals surface area (Å²) >= 11 is 0. The third kappa shape index (κ3) is 5.20. The van der Waals surface area contributed by atoms with Crippen LogP contribution >= 0.6 is 0 Å². The van der Waals surface area contributed by atoms with Crippen molar-refractivity contribution in [1.29, 1.82) is 0 Å². The molecule has 2 aromatic rings. The fourth-order valence-corrected chi connectivity index (χ4v) is 2.70. The third-order valence-corrected chi connectivity index (χ3v) is 3.90. The van der Waals surface area contributed by atoms with Gasteiger partial charge in [-0.25, -0.2) is 0 Å². The number of carbonyl (C=O) groups excluding carboxylic acids is 1. The van der Waals surface area contributed by atoms with Crippen molar-refractivity contribution < 1.29 is 4.79 Å². The number of aromatic nitrogens is 3. The molecule has 0 radical (unpaired) electrons. The molecule has 0 saturated heterocycles. The van der Waals surface area contributed by atoms with E-state index in [0.29, 0.717) is 13.1 Å². The fourth-order valence-electron chi connectivity index (χ4n) is 2.70. The van der Waals surface area contributed by atoms with E-state index in [9.17, 15) is 4.79 Å². The summed E-state index contributed by atoms with van der Waals surface area (Å²) in [5.41, 5.74) is 1.97. The minimum absolute atomic E-state index is 0.148. The Hall–Kier alpha value is -2.17. The van der Waals surface area contributed by atoms with Gasteiger partial charge in [0.1, 0.15) is 0 Å². The Morgan fingerprint density at radius 1 is 1.17 bits per heavy atom. The SMILES string of the molecule is CCCC(CCC)C(=O)NCCn1ccc(-c2ccncc2)n1. The summed E-state index contributed by atoms with van der Waals surface area (Å²) in [6, 6.07) is 5.86. The number of amides is 1. The summed E-state index contributed by atoms with van der Waals surface area (Å²) in [6.07, 6.45) is 9.49. The second-order valence-corrected chi connectivity index (χ2v) is 5.77. The average Bonchev–Trinajstić information content (AvgIpc) is 3.04. The Labute approximate surface area is 138 Å². The molecule has 0 bridgehead atoms. The predicted octanol–water partition coefficient (Wildman–Crippen LogP) is 3.28. The molecule has 0 saturated carbocycles. The van der Waals surface area contributed by atoms with Crippen LogP contribution in [0, 0.1) is 5.92 Å². The van der Waals surface area contributed by atoms with Crippen molar-refractivity contribution in [2.45, 2.75) is 46.1 Å². The molecule has 2 aromatic heterocycles. The summed E-state index contributed by atoms with van der Waals surface area (Å²) in [7, 11) is 0. The zero-order valence-corrected chi connectivity index (χ0v) is 14.0. The quantitative estimate of drug-likeness (QED) is 0.772. The maximum absolute atomic E-state index is 12.2. The second kappa shape index (κ2) is 9.08. The number of hydrogen-bond acceptors (Lipinski definition) is 3. The molecule has 2 heterocycles. The van der Waals surface area contributed by atoms with Gasteiger partial charge in [-0.15, -0.1) is 0 Å². The molecule has 0 fully saturated rings. The van der Waals surface area contributed by atoms with Gasteiger partial charge < -0.3 is 5.32 Å². The monoisotopic (exact) mass is 314 g/mol. The summed E-state index contributed by atoms with van der Waals surface area (Å²) in [4.78, 5) is 16.2. The molecule has 0 aliphatic heterocycles. The first-order valence-corrected chi connectivity index (χ1v) is 8.46. The average molecular weight is 314 g/mol. The molecular formula is C18H26N4O. The van der Waals surface area contributed by atoms with Crippen molar-refractivity contribution >= 4 is 5.91 Å². The van der Waals surface area contributed by atoms with Crippen LogP contribution in [0.3, 0.4) is 0 Å². The van der Waals surface area contributed by atoms with Crippen LogP contribution in [-0.2, 0) is 11.3 Å². The largest absolute Gasteiger partial charge is 0.354 e. The molecule has 0 atom stereocenters. The lowest BCUT2D eigenvalue weighted by atomic mass is 9.97. The second-order valence-electron chi connectivity index (χ2n) is 5.77. The van der Waals surface area contributed by atoms with Gasteiger partial charge in [-0.1, -0.05) is 26.7 Å². The first-order chi connectivity index (χ1) is 11.2. The van der Waals surface area contributed by atoms with Crippen molar-refractivity contribution in [2.24, 2.45) is 5.92 Å². The van der Waals surface area contributed by atoms with E-state index in [1.54, 1.807) is 12.4 Å². The van der Waals surface area contributed by atoms with Crippen LogP contribution < -0.4 is 5.32 Å². The summed E-state index contributed by atoms with van der Waals surface area (Å²) in [6.45, 7) is 5.54. The van der Waals surface area contributed by atoms with Crippen LogP contribution in [0.1, 0.15) is 39.5 Å². The van der Waals surface area contributed by atoms with Crippen LogP contribution in [0.15, 0.2) is 36.8 Å². The highest BCUT2D eigenvalue weighted by Crippen LogP contribution is 2.15. The molecule has 2 rings (SSSR count). The molecule has 23 heavy (non-hydrogen) atoms. The molecular weight excluding hydrogens is 288 g/mol. The number of nitrogens with zero attached hydrogens (tertiary/aromatic N) is 3. The number of hydrogen-bond donors (Lipinski definition) is 1. The molecule has 1 amide bonds. The van der Waals surface area contributed by atoms with Gasteiger partial charge in [-0.05, 0) is 31.0 Å². The van der Waals surface area contributed by atoms with E-state index >= 15 is 0 Å². The van der Waals surface area contributed by atoms with E-state index in [1.165, 1.54) is 0 Å². The molecule has 0 aliphatic carbocycles. The van der Waals surface area contributed by atoms with Crippen molar-refractivity contribution in [3.8, 4) is 11.3 Å². The maximum Gasteiger partial charge on any atom is 0.223 e. The van der Waals surface area contributed by atoms with E-state index in [4.69, 9.17) is 0 Å². The molecule has 124 valence electrons. The van der Waals surface area contributed by atoms with Crippen molar-refractivity contribution in [1.82, 2.24) is 20.1 Å². The Morgan fingerprint density at radius 3 is 2.52 bits per heavy atom. The van der Waals surface area contributed by atoms with Crippen LogP contribution in [0.2, 0.25) is 0 Å². The van der Waals surface area contributed by atoms with E-state index in [2.05, 4.69) is 29.2 Å². The smallest absolute Gasteiger partial charge is 0.223 e. The minimum Gasteiger partial charge on any atom is -0.354 e. The van der Waals surface area contributed by atoms with Gasteiger partial charge in [-0.2, -0.15) is 5.10 Å². The molecule has 0 unspecified atom stereocenters. The molecule has 0 spiro atoms. The molecule has 5 heteroatoms. The Kier molecular flexibility index (Phi) is 6.78. The zero-order valence-electron chi connectivity index (χ0n) is 14.0. The van der Waals surface area contributed by atoms with Crippen LogP contribution in [-0.4, -0.2) is 27.2 Å². The van der Waals surface area contributed by atoms with Gasteiger partial charge in [0.2, 0.25) is 5.91 Å². The van der Waals surface area contributed by atoms with Gasteiger partial charge in [-0.3, -0.25) is 14.5 Å². The first kappa shape index (κ1) is 17.2. The standard InChI is InChI=1S/C18H26N4O/c1-3-5-16(6-4-2)18(23)20-12-14-22-13-9-17(21-22)15-7-10-19-11-8-15/h7-11,13,16H,3-6,12,14H2,1-2H3,(H,20,23). The summed E-state index contributed by atoms with van der Waals surface area (Å²) < 4.78 is 1.87. The molecule has 0 aromatic carbocycles. The van der Waals surface area contributed by atoms with E-state index < -0.39 is 0 Å². The van der Waals surface area contributed by atoms with E-state index in [0.717, 1.165) is 36.9 Å². The highest BCUT2D eigenvalue weighted by molar-refractivity contribution is 5.78. The Balaban J connectivity index is 1.82. The number of pyridine rings is 1. The first-order valence-electron chi connectivity index (χ1n) is 8.46. The fraction of sp³-hybridized carbons (Fsp3) is 0.500. The summed E-state index contributed by atoms with van der Waals surface area (Å²) in [5, 5.41) is 7.57. The molecule has 1 N–H and O–H groups in total. The highest BCUT2D eigenvalue weighted by Gasteiger charge is 2.15.